The molecule has 2 N–H and O–H groups in total. The summed E-state index contributed by atoms with van der Waals surface area (Å²) in [5.74, 6) is 0.576. The molecule has 1 saturated heterocycles. The molecule has 1 aliphatic heterocycles. The summed E-state index contributed by atoms with van der Waals surface area (Å²) >= 11 is 5.88. The number of anilines is 2. The highest BCUT2D eigenvalue weighted by Gasteiger charge is 2.27. The molecule has 1 aromatic carbocycles. The molecule has 126 valence electrons. The second-order valence-corrected chi connectivity index (χ2v) is 8.31. The van der Waals surface area contributed by atoms with Gasteiger partial charge in [-0.1, -0.05) is 17.7 Å². The third kappa shape index (κ3) is 4.24. The highest BCUT2D eigenvalue weighted by Crippen LogP contribution is 2.18. The Kier molecular flexibility index (Phi) is 4.73. The number of halogens is 1. The van der Waals surface area contributed by atoms with Crippen molar-refractivity contribution in [2.75, 3.05) is 22.1 Å². The monoisotopic (exact) mass is 365 g/mol. The third-order valence-corrected chi connectivity index (χ3v) is 5.70. The minimum absolute atomic E-state index is 0.117. The molecule has 1 aromatic heterocycles. The lowest BCUT2D eigenvalue weighted by Crippen LogP contribution is -2.21. The molecule has 2 heterocycles. The van der Waals surface area contributed by atoms with Crippen LogP contribution in [0.2, 0.25) is 5.02 Å². The van der Waals surface area contributed by atoms with Crippen molar-refractivity contribution in [3.63, 3.8) is 0 Å². The number of carbonyl (C=O) groups excluding carboxylic acids is 1. The number of nitrogens with zero attached hydrogens (tertiary/aromatic N) is 1. The van der Waals surface area contributed by atoms with Crippen molar-refractivity contribution in [3.05, 3.63) is 53.2 Å². The van der Waals surface area contributed by atoms with E-state index in [-0.39, 0.29) is 23.5 Å². The first kappa shape index (κ1) is 16.7. The molecule has 0 bridgehead atoms. The predicted octanol–water partition coefficient (Wildman–Crippen LogP) is 2.59. The summed E-state index contributed by atoms with van der Waals surface area (Å²) in [6.45, 7) is 0. The summed E-state index contributed by atoms with van der Waals surface area (Å²) in [5, 5.41) is 6.36. The average Bonchev–Trinajstić information content (AvgIpc) is 2.87. The lowest BCUT2D eigenvalue weighted by Gasteiger charge is -2.11. The Morgan fingerprint density at radius 1 is 1.25 bits per heavy atom. The summed E-state index contributed by atoms with van der Waals surface area (Å²) in [4.78, 5) is 16.3. The van der Waals surface area contributed by atoms with Crippen molar-refractivity contribution in [2.45, 2.75) is 12.5 Å². The van der Waals surface area contributed by atoms with Crippen LogP contribution in [0.4, 0.5) is 11.5 Å². The van der Waals surface area contributed by atoms with Crippen LogP contribution in [0.3, 0.4) is 0 Å². The Morgan fingerprint density at radius 3 is 2.71 bits per heavy atom. The Labute approximate surface area is 145 Å². The van der Waals surface area contributed by atoms with Gasteiger partial charge in [0.05, 0.1) is 17.1 Å². The smallest absolute Gasteiger partial charge is 0.257 e. The fourth-order valence-corrected chi connectivity index (χ4v) is 4.36. The quantitative estimate of drug-likeness (QED) is 0.869. The molecule has 8 heteroatoms. The molecule has 1 amide bonds. The van der Waals surface area contributed by atoms with Gasteiger partial charge in [-0.2, -0.15) is 0 Å². The molecule has 0 aliphatic carbocycles. The summed E-state index contributed by atoms with van der Waals surface area (Å²) in [6, 6.07) is 10.0. The van der Waals surface area contributed by atoms with Crippen LogP contribution in [-0.4, -0.2) is 36.9 Å². The molecular formula is C16H16ClN3O3S. The van der Waals surface area contributed by atoms with Gasteiger partial charge in [0, 0.05) is 22.9 Å². The molecular weight excluding hydrogens is 350 g/mol. The SMILES string of the molecule is O=C(Nc1cccc(Cl)c1)c1ccc(NC2CCS(=O)(=O)C2)nc1. The maximum Gasteiger partial charge on any atom is 0.257 e. The number of pyridine rings is 1. The van der Waals surface area contributed by atoms with E-state index in [0.29, 0.717) is 28.5 Å². The van der Waals surface area contributed by atoms with E-state index in [2.05, 4.69) is 15.6 Å². The summed E-state index contributed by atoms with van der Waals surface area (Å²) in [5.41, 5.74) is 1.01. The number of aromatic nitrogens is 1. The van der Waals surface area contributed by atoms with Gasteiger partial charge in [0.1, 0.15) is 5.82 Å². The maximum absolute atomic E-state index is 12.2. The zero-order chi connectivity index (χ0) is 17.2. The van der Waals surface area contributed by atoms with E-state index < -0.39 is 9.84 Å². The van der Waals surface area contributed by atoms with Crippen LogP contribution in [0.1, 0.15) is 16.8 Å². The molecule has 24 heavy (non-hydrogen) atoms. The largest absolute Gasteiger partial charge is 0.366 e. The number of hydrogen-bond acceptors (Lipinski definition) is 5. The molecule has 0 radical (unpaired) electrons. The lowest BCUT2D eigenvalue weighted by atomic mass is 10.2. The molecule has 0 saturated carbocycles. The van der Waals surface area contributed by atoms with Crippen molar-refractivity contribution in [3.8, 4) is 0 Å². The van der Waals surface area contributed by atoms with Crippen LogP contribution < -0.4 is 10.6 Å². The summed E-state index contributed by atoms with van der Waals surface area (Å²) < 4.78 is 22.9. The van der Waals surface area contributed by atoms with Crippen LogP contribution in [-0.2, 0) is 9.84 Å². The molecule has 6 nitrogen and oxygen atoms in total. The van der Waals surface area contributed by atoms with Crippen molar-refractivity contribution in [1.82, 2.24) is 4.98 Å². The Hall–Kier alpha value is -2.12. The number of rotatable bonds is 4. The van der Waals surface area contributed by atoms with Gasteiger partial charge in [-0.05, 0) is 36.8 Å². The van der Waals surface area contributed by atoms with E-state index in [9.17, 15) is 13.2 Å². The molecule has 1 aliphatic rings. The number of sulfone groups is 1. The second-order valence-electron chi connectivity index (χ2n) is 5.64. The van der Waals surface area contributed by atoms with Gasteiger partial charge in [-0.25, -0.2) is 13.4 Å². The predicted molar refractivity (Wildman–Crippen MR) is 94.3 cm³/mol. The molecule has 1 unspecified atom stereocenters. The van der Waals surface area contributed by atoms with Crippen molar-refractivity contribution in [1.29, 1.82) is 0 Å². The zero-order valence-electron chi connectivity index (χ0n) is 12.7. The van der Waals surface area contributed by atoms with Crippen LogP contribution in [0.5, 0.6) is 0 Å². The van der Waals surface area contributed by atoms with Gasteiger partial charge in [0.25, 0.3) is 5.91 Å². The van der Waals surface area contributed by atoms with Gasteiger partial charge in [-0.15, -0.1) is 0 Å². The fraction of sp³-hybridized carbons (Fsp3) is 0.250. The van der Waals surface area contributed by atoms with E-state index in [4.69, 9.17) is 11.6 Å². The zero-order valence-corrected chi connectivity index (χ0v) is 14.3. The lowest BCUT2D eigenvalue weighted by molar-refractivity contribution is 0.102. The Balaban J connectivity index is 1.62. The van der Waals surface area contributed by atoms with Gasteiger partial charge in [-0.3, -0.25) is 4.79 Å². The first-order valence-electron chi connectivity index (χ1n) is 7.41. The van der Waals surface area contributed by atoms with E-state index >= 15 is 0 Å². The van der Waals surface area contributed by atoms with Gasteiger partial charge < -0.3 is 10.6 Å². The highest BCUT2D eigenvalue weighted by atomic mass is 35.5. The topological polar surface area (TPSA) is 88.2 Å². The number of carbonyl (C=O) groups is 1. The van der Waals surface area contributed by atoms with E-state index in [1.807, 2.05) is 0 Å². The average molecular weight is 366 g/mol. The van der Waals surface area contributed by atoms with Crippen LogP contribution in [0.15, 0.2) is 42.6 Å². The normalized spacial score (nSPS) is 19.0. The number of hydrogen-bond donors (Lipinski definition) is 2. The van der Waals surface area contributed by atoms with Crippen molar-refractivity contribution >= 4 is 38.9 Å². The van der Waals surface area contributed by atoms with Crippen molar-refractivity contribution in [2.24, 2.45) is 0 Å². The minimum Gasteiger partial charge on any atom is -0.366 e. The molecule has 0 spiro atoms. The highest BCUT2D eigenvalue weighted by molar-refractivity contribution is 7.91. The van der Waals surface area contributed by atoms with Gasteiger partial charge in [0.15, 0.2) is 9.84 Å². The van der Waals surface area contributed by atoms with E-state index in [1.54, 1.807) is 36.4 Å². The standard InChI is InChI=1S/C16H16ClN3O3S/c17-12-2-1-3-13(8-12)20-16(21)11-4-5-15(18-9-11)19-14-6-7-24(22,23)10-14/h1-5,8-9,14H,6-7,10H2,(H,18,19)(H,20,21). The van der Waals surface area contributed by atoms with E-state index in [1.165, 1.54) is 6.20 Å². The van der Waals surface area contributed by atoms with Crippen LogP contribution in [0.25, 0.3) is 0 Å². The van der Waals surface area contributed by atoms with Gasteiger partial charge in [0.2, 0.25) is 0 Å². The third-order valence-electron chi connectivity index (χ3n) is 3.69. The van der Waals surface area contributed by atoms with Crippen molar-refractivity contribution < 1.29 is 13.2 Å². The summed E-state index contributed by atoms with van der Waals surface area (Å²) in [6.07, 6.45) is 2.02. The molecule has 2 aromatic rings. The fourth-order valence-electron chi connectivity index (χ4n) is 2.50. The van der Waals surface area contributed by atoms with Crippen LogP contribution >= 0.6 is 11.6 Å². The Morgan fingerprint density at radius 2 is 2.08 bits per heavy atom. The number of amides is 1. The molecule has 3 rings (SSSR count). The second kappa shape index (κ2) is 6.78. The molecule has 1 fully saturated rings. The first-order chi connectivity index (χ1) is 11.4. The minimum atomic E-state index is -2.94. The van der Waals surface area contributed by atoms with E-state index in [0.717, 1.165) is 0 Å². The number of nitrogens with one attached hydrogen (secondary N) is 2. The maximum atomic E-state index is 12.2. The number of benzene rings is 1. The Bertz CT molecular complexity index is 853. The molecule has 1 atom stereocenters. The summed E-state index contributed by atoms with van der Waals surface area (Å²) in [7, 11) is -2.94. The van der Waals surface area contributed by atoms with Gasteiger partial charge >= 0.3 is 0 Å². The first-order valence-corrected chi connectivity index (χ1v) is 9.61. The van der Waals surface area contributed by atoms with Crippen LogP contribution in [0, 0.1) is 0 Å².